The Labute approximate surface area is 150 Å². The fourth-order valence-corrected chi connectivity index (χ4v) is 4.01. The van der Waals surface area contributed by atoms with Crippen molar-refractivity contribution in [3.05, 3.63) is 30.1 Å². The minimum absolute atomic E-state index is 0.0935. The Morgan fingerprint density at radius 3 is 2.52 bits per heavy atom. The molecule has 1 amide bonds. The minimum atomic E-state index is -0.322. The first kappa shape index (κ1) is 17.7. The summed E-state index contributed by atoms with van der Waals surface area (Å²) in [7, 11) is 0. The summed E-state index contributed by atoms with van der Waals surface area (Å²) in [5, 5.41) is 8.57. The number of halogens is 1. The molecule has 2 N–H and O–H groups in total. The largest absolute Gasteiger partial charge is 0.337 e. The molecule has 8 heteroatoms. The molecule has 0 bridgehead atoms. The molecule has 0 spiro atoms. The van der Waals surface area contributed by atoms with Crippen LogP contribution in [0.5, 0.6) is 0 Å². The van der Waals surface area contributed by atoms with Gasteiger partial charge in [0, 0.05) is 17.6 Å². The fraction of sp³-hybridized carbons (Fsp3) is 0.471. The van der Waals surface area contributed by atoms with Gasteiger partial charge in [0.1, 0.15) is 5.82 Å². The number of nitrogens with two attached hydrogens (primary N) is 1. The molecule has 134 valence electrons. The number of nitrogens with zero attached hydrogens (tertiary/aromatic N) is 4. The topological polar surface area (TPSA) is 77.0 Å². The molecule has 2 aromatic rings. The van der Waals surface area contributed by atoms with Gasteiger partial charge in [0.15, 0.2) is 5.82 Å². The van der Waals surface area contributed by atoms with E-state index in [4.69, 9.17) is 5.84 Å². The van der Waals surface area contributed by atoms with Crippen molar-refractivity contribution in [1.82, 2.24) is 19.8 Å². The van der Waals surface area contributed by atoms with Crippen molar-refractivity contribution in [2.45, 2.75) is 50.4 Å². The standard InChI is InChI=1S/C17H22FN5OS/c1-11-4-3-5-12(2)22(11)15(24)10-25-17-21-20-16(23(17)19)13-6-8-14(18)9-7-13/h6-9,11-12H,3-5,10,19H2,1-2H3. The van der Waals surface area contributed by atoms with Crippen LogP contribution in [-0.2, 0) is 4.79 Å². The van der Waals surface area contributed by atoms with Gasteiger partial charge < -0.3 is 10.7 Å². The SMILES string of the molecule is CC1CCCC(C)N1C(=O)CSc1nnc(-c2ccc(F)cc2)n1N. The van der Waals surface area contributed by atoms with Gasteiger partial charge >= 0.3 is 0 Å². The minimum Gasteiger partial charge on any atom is -0.337 e. The number of nitrogen functional groups attached to an aromatic ring is 1. The highest BCUT2D eigenvalue weighted by Crippen LogP contribution is 2.26. The monoisotopic (exact) mass is 363 g/mol. The Hall–Kier alpha value is -2.09. The maximum atomic E-state index is 13.0. The van der Waals surface area contributed by atoms with Crippen LogP contribution >= 0.6 is 11.8 Å². The summed E-state index contributed by atoms with van der Waals surface area (Å²) < 4.78 is 14.4. The molecule has 3 rings (SSSR count). The summed E-state index contributed by atoms with van der Waals surface area (Å²) in [5.74, 6) is 6.53. The first-order chi connectivity index (χ1) is 12.0. The van der Waals surface area contributed by atoms with E-state index in [1.165, 1.54) is 28.6 Å². The zero-order valence-electron chi connectivity index (χ0n) is 14.4. The molecule has 25 heavy (non-hydrogen) atoms. The molecule has 2 heterocycles. The van der Waals surface area contributed by atoms with Gasteiger partial charge in [-0.1, -0.05) is 11.8 Å². The number of hydrogen-bond donors (Lipinski definition) is 1. The van der Waals surface area contributed by atoms with Crippen molar-refractivity contribution in [3.8, 4) is 11.4 Å². The maximum Gasteiger partial charge on any atom is 0.233 e. The van der Waals surface area contributed by atoms with E-state index < -0.39 is 0 Å². The van der Waals surface area contributed by atoms with E-state index >= 15 is 0 Å². The van der Waals surface area contributed by atoms with E-state index in [0.717, 1.165) is 19.3 Å². The number of piperidine rings is 1. The lowest BCUT2D eigenvalue weighted by atomic mass is 9.98. The van der Waals surface area contributed by atoms with E-state index in [1.807, 2.05) is 4.90 Å². The number of rotatable bonds is 4. The molecule has 1 aromatic heterocycles. The number of amides is 1. The molecule has 2 atom stereocenters. The summed E-state index contributed by atoms with van der Waals surface area (Å²) in [6.45, 7) is 4.19. The average molecular weight is 363 g/mol. The van der Waals surface area contributed by atoms with Gasteiger partial charge in [-0.25, -0.2) is 9.07 Å². The second-order valence-corrected chi connectivity index (χ2v) is 7.34. The Bertz CT molecular complexity index is 738. The van der Waals surface area contributed by atoms with Crippen LogP contribution in [0.25, 0.3) is 11.4 Å². The van der Waals surface area contributed by atoms with Gasteiger partial charge in [-0.15, -0.1) is 10.2 Å². The Balaban J connectivity index is 1.68. The molecule has 0 aliphatic carbocycles. The van der Waals surface area contributed by atoms with E-state index in [-0.39, 0.29) is 29.6 Å². The van der Waals surface area contributed by atoms with Crippen molar-refractivity contribution < 1.29 is 9.18 Å². The normalized spacial score (nSPS) is 20.7. The van der Waals surface area contributed by atoms with Gasteiger partial charge in [-0.3, -0.25) is 4.79 Å². The summed E-state index contributed by atoms with van der Waals surface area (Å²) in [6.07, 6.45) is 3.25. The fourth-order valence-electron chi connectivity index (χ4n) is 3.28. The van der Waals surface area contributed by atoms with Crippen molar-refractivity contribution in [3.63, 3.8) is 0 Å². The number of thioether (sulfide) groups is 1. The van der Waals surface area contributed by atoms with Crippen LogP contribution in [0.15, 0.2) is 29.4 Å². The van der Waals surface area contributed by atoms with Crippen molar-refractivity contribution >= 4 is 17.7 Å². The first-order valence-electron chi connectivity index (χ1n) is 8.37. The lowest BCUT2D eigenvalue weighted by molar-refractivity contribution is -0.134. The molecule has 1 saturated heterocycles. The van der Waals surface area contributed by atoms with E-state index in [1.54, 1.807) is 12.1 Å². The molecule has 2 unspecified atom stereocenters. The van der Waals surface area contributed by atoms with Gasteiger partial charge in [-0.05, 0) is 57.4 Å². The number of carbonyl (C=O) groups excluding carboxylic acids is 1. The highest BCUT2D eigenvalue weighted by atomic mass is 32.2. The van der Waals surface area contributed by atoms with Crippen molar-refractivity contribution in [2.24, 2.45) is 0 Å². The molecule has 6 nitrogen and oxygen atoms in total. The Morgan fingerprint density at radius 2 is 1.88 bits per heavy atom. The number of hydrogen-bond acceptors (Lipinski definition) is 5. The van der Waals surface area contributed by atoms with E-state index in [0.29, 0.717) is 16.5 Å². The van der Waals surface area contributed by atoms with E-state index in [2.05, 4.69) is 24.0 Å². The van der Waals surface area contributed by atoms with Crippen LogP contribution in [-0.4, -0.2) is 43.5 Å². The third-order valence-electron chi connectivity index (χ3n) is 4.57. The predicted octanol–water partition coefficient (Wildman–Crippen LogP) is 2.68. The Morgan fingerprint density at radius 1 is 1.24 bits per heavy atom. The smallest absolute Gasteiger partial charge is 0.233 e. The number of likely N-dealkylation sites (tertiary alicyclic amines) is 1. The van der Waals surface area contributed by atoms with Crippen LogP contribution in [0, 0.1) is 5.82 Å². The zero-order chi connectivity index (χ0) is 18.0. The molecular weight excluding hydrogens is 341 g/mol. The Kier molecular flexibility index (Phi) is 5.27. The number of carbonyl (C=O) groups is 1. The van der Waals surface area contributed by atoms with Gasteiger partial charge in [-0.2, -0.15) is 0 Å². The lowest BCUT2D eigenvalue weighted by Crippen LogP contribution is -2.48. The maximum absolute atomic E-state index is 13.0. The average Bonchev–Trinajstić information content (AvgIpc) is 2.94. The van der Waals surface area contributed by atoms with E-state index in [9.17, 15) is 9.18 Å². The summed E-state index contributed by atoms with van der Waals surface area (Å²) in [4.78, 5) is 14.5. The van der Waals surface area contributed by atoms with Crippen LogP contribution in [0.2, 0.25) is 0 Å². The number of aromatic nitrogens is 3. The van der Waals surface area contributed by atoms with Gasteiger partial charge in [0.05, 0.1) is 5.75 Å². The first-order valence-corrected chi connectivity index (χ1v) is 9.36. The van der Waals surface area contributed by atoms with Crippen LogP contribution in [0.3, 0.4) is 0 Å². The van der Waals surface area contributed by atoms with Gasteiger partial charge in [0.2, 0.25) is 11.1 Å². The summed E-state index contributed by atoms with van der Waals surface area (Å²) in [5.41, 5.74) is 0.674. The third kappa shape index (κ3) is 3.78. The third-order valence-corrected chi connectivity index (χ3v) is 5.50. The van der Waals surface area contributed by atoms with Crippen molar-refractivity contribution in [2.75, 3.05) is 11.6 Å². The van der Waals surface area contributed by atoms with Crippen LogP contribution in [0.4, 0.5) is 4.39 Å². The molecule has 1 aliphatic heterocycles. The highest BCUT2D eigenvalue weighted by Gasteiger charge is 2.29. The second-order valence-electron chi connectivity index (χ2n) is 6.40. The lowest BCUT2D eigenvalue weighted by Gasteiger charge is -2.39. The number of benzene rings is 1. The predicted molar refractivity (Wildman–Crippen MR) is 95.9 cm³/mol. The van der Waals surface area contributed by atoms with Crippen LogP contribution in [0.1, 0.15) is 33.1 Å². The molecule has 1 aromatic carbocycles. The quantitative estimate of drug-likeness (QED) is 0.667. The zero-order valence-corrected chi connectivity index (χ0v) is 15.2. The summed E-state index contributed by atoms with van der Waals surface area (Å²) in [6, 6.07) is 6.42. The molecule has 1 fully saturated rings. The van der Waals surface area contributed by atoms with Crippen molar-refractivity contribution in [1.29, 1.82) is 0 Å². The molecule has 1 aliphatic rings. The highest BCUT2D eigenvalue weighted by molar-refractivity contribution is 7.99. The molecule has 0 radical (unpaired) electrons. The second kappa shape index (κ2) is 7.43. The molecular formula is C17H22FN5OS. The van der Waals surface area contributed by atoms with Gasteiger partial charge in [0.25, 0.3) is 0 Å². The van der Waals surface area contributed by atoms with Crippen LogP contribution < -0.4 is 5.84 Å². The summed E-state index contributed by atoms with van der Waals surface area (Å²) >= 11 is 1.27. The molecule has 0 saturated carbocycles.